The Hall–Kier alpha value is -9.83. The Balaban J connectivity index is 2.25. The number of aromatic hydroxyl groups is 1. The van der Waals surface area contributed by atoms with Gasteiger partial charge in [0.2, 0.25) is 59.1 Å². The van der Waals surface area contributed by atoms with E-state index in [0.29, 0.717) is 11.1 Å². The fraction of sp³-hybridized carbons (Fsp3) is 0.534. The van der Waals surface area contributed by atoms with E-state index in [1.165, 1.54) is 26.0 Å². The molecule has 34 heteroatoms. The minimum absolute atomic E-state index is 0.0118. The number of aliphatic carboxylic acids is 5. The molecule has 21 N–H and O–H groups in total. The standard InChI is InChI=1S/C58H85N13O21/c1-30(2)26-42(69-51(83)36(59)27-34-13-15-35(72)16-14-34)56(88)67-38(18-22-46(75)76)52(84)61-29-45(74)65-39(17-21-44(60)73)53(85)64-31(3)49(81)63-32(4)50(82)66-37(12-8-9-25-62-71-41(57(89)90)20-24-48(79)80)54(86)68-40(19-23-47(77)78)55(87)70-43(58(91)92)28-33-10-6-5-7-11-33/h5-7,10-11,13-16,30-32,36-43,62,71-72H,8-9,12,17-29,59H2,1-4H3,(H2,60,73)(H,61,84)(H,63,81)(H,64,85)(H,65,74)(H,66,82)(H,67,88)(H,68,86)(H,69,83)(H,70,87)(H,75,76)(H,77,78)(H,79,80)(H,89,90)(H,91,92)/t31-,32-,36-,37-,38-,39-,40-,41-,42-,43-/m0/s1. The Labute approximate surface area is 528 Å². The van der Waals surface area contributed by atoms with Crippen molar-refractivity contribution in [1.29, 1.82) is 0 Å². The molecule has 0 saturated heterocycles. The van der Waals surface area contributed by atoms with E-state index in [2.05, 4.69) is 58.7 Å². The Bertz CT molecular complexity index is 2880. The van der Waals surface area contributed by atoms with Crippen LogP contribution < -0.4 is 70.2 Å². The summed E-state index contributed by atoms with van der Waals surface area (Å²) in [6.07, 6.45) is -4.15. The van der Waals surface area contributed by atoms with Crippen molar-refractivity contribution in [3.8, 4) is 5.75 Å². The molecule has 0 bridgehead atoms. The third-order valence-electron chi connectivity index (χ3n) is 13.7. The van der Waals surface area contributed by atoms with Crippen LogP contribution in [0.2, 0.25) is 0 Å². The summed E-state index contributed by atoms with van der Waals surface area (Å²) < 4.78 is 0. The van der Waals surface area contributed by atoms with E-state index in [1.54, 1.807) is 56.3 Å². The molecule has 0 aliphatic rings. The highest BCUT2D eigenvalue weighted by atomic mass is 16.4. The molecule has 10 amide bonds. The average Bonchev–Trinajstić information content (AvgIpc) is 1.20. The van der Waals surface area contributed by atoms with Crippen molar-refractivity contribution in [1.82, 2.24) is 58.7 Å². The van der Waals surface area contributed by atoms with Gasteiger partial charge in [0.25, 0.3) is 0 Å². The first kappa shape index (κ1) is 78.3. The van der Waals surface area contributed by atoms with E-state index >= 15 is 0 Å². The predicted molar refractivity (Wildman–Crippen MR) is 322 cm³/mol. The number of carboxylic acid groups (broad SMARTS) is 5. The van der Waals surface area contributed by atoms with Crippen molar-refractivity contribution < 1.29 is 103 Å². The van der Waals surface area contributed by atoms with Gasteiger partial charge in [0.15, 0.2) is 0 Å². The lowest BCUT2D eigenvalue weighted by molar-refractivity contribution is -0.143. The third kappa shape index (κ3) is 31.6. The lowest BCUT2D eigenvalue weighted by Crippen LogP contribution is -2.59. The monoisotopic (exact) mass is 1300 g/mol. The number of carbonyl (C=O) groups excluding carboxylic acids is 10. The summed E-state index contributed by atoms with van der Waals surface area (Å²) in [5.74, 6) is -16.9. The Morgan fingerprint density at radius 2 is 0.859 bits per heavy atom. The Morgan fingerprint density at radius 1 is 0.435 bits per heavy atom. The predicted octanol–water partition coefficient (Wildman–Crippen LogP) is -3.75. The highest BCUT2D eigenvalue weighted by Crippen LogP contribution is 2.14. The van der Waals surface area contributed by atoms with E-state index in [4.69, 9.17) is 16.6 Å². The average molecular weight is 1300 g/mol. The highest BCUT2D eigenvalue weighted by molar-refractivity contribution is 5.98. The van der Waals surface area contributed by atoms with Crippen molar-refractivity contribution in [2.24, 2.45) is 17.4 Å². The molecule has 10 atom stereocenters. The van der Waals surface area contributed by atoms with Crippen LogP contribution in [0.25, 0.3) is 0 Å². The van der Waals surface area contributed by atoms with E-state index < -0.39 is 201 Å². The summed E-state index contributed by atoms with van der Waals surface area (Å²) in [6, 6.07) is -0.660. The summed E-state index contributed by atoms with van der Waals surface area (Å²) in [5.41, 5.74) is 17.7. The topological polar surface area (TPSA) is 562 Å². The summed E-state index contributed by atoms with van der Waals surface area (Å²) in [7, 11) is 0. The molecular formula is C58H85N13O21. The first-order valence-corrected chi connectivity index (χ1v) is 29.4. The molecule has 0 heterocycles. The zero-order valence-electron chi connectivity index (χ0n) is 51.3. The normalized spacial score (nSPS) is 14.2. The maximum absolute atomic E-state index is 14.0. The van der Waals surface area contributed by atoms with E-state index in [0.717, 1.165) is 0 Å². The number of amides is 10. The molecule has 0 fully saturated rings. The second kappa shape index (κ2) is 40.7. The van der Waals surface area contributed by atoms with Crippen LogP contribution in [0.15, 0.2) is 54.6 Å². The fourth-order valence-corrected chi connectivity index (χ4v) is 8.62. The molecule has 0 aliphatic carbocycles. The highest BCUT2D eigenvalue weighted by Gasteiger charge is 2.34. The van der Waals surface area contributed by atoms with Crippen LogP contribution in [0, 0.1) is 5.92 Å². The molecule has 2 aromatic rings. The van der Waals surface area contributed by atoms with Crippen molar-refractivity contribution in [2.75, 3.05) is 13.1 Å². The van der Waals surface area contributed by atoms with Crippen LogP contribution in [0.1, 0.15) is 116 Å². The molecule has 92 heavy (non-hydrogen) atoms. The van der Waals surface area contributed by atoms with Crippen molar-refractivity contribution in [3.05, 3.63) is 65.7 Å². The molecule has 508 valence electrons. The van der Waals surface area contributed by atoms with Crippen LogP contribution in [0.4, 0.5) is 0 Å². The number of carbonyl (C=O) groups is 15. The van der Waals surface area contributed by atoms with Gasteiger partial charge in [-0.15, -0.1) is 0 Å². The van der Waals surface area contributed by atoms with Crippen molar-refractivity contribution in [2.45, 2.75) is 178 Å². The molecule has 34 nitrogen and oxygen atoms in total. The minimum atomic E-state index is -1.67. The number of benzene rings is 2. The number of primary amides is 1. The van der Waals surface area contributed by atoms with Crippen LogP contribution >= 0.6 is 0 Å². The number of hydrogen-bond donors (Lipinski definition) is 19. The third-order valence-corrected chi connectivity index (χ3v) is 13.7. The molecule has 2 aromatic carbocycles. The number of carboxylic acids is 5. The zero-order valence-corrected chi connectivity index (χ0v) is 51.3. The molecular weight excluding hydrogens is 1210 g/mol. The second-order valence-electron chi connectivity index (χ2n) is 22.0. The van der Waals surface area contributed by atoms with Crippen molar-refractivity contribution in [3.63, 3.8) is 0 Å². The number of unbranched alkanes of at least 4 members (excludes halogenated alkanes) is 1. The van der Waals surface area contributed by atoms with Crippen LogP contribution in [0.5, 0.6) is 5.75 Å². The van der Waals surface area contributed by atoms with E-state index in [-0.39, 0.29) is 63.2 Å². The molecule has 0 aliphatic heterocycles. The first-order valence-electron chi connectivity index (χ1n) is 29.4. The Kier molecular flexibility index (Phi) is 34.7. The summed E-state index contributed by atoms with van der Waals surface area (Å²) in [5, 5.41) is 78.2. The minimum Gasteiger partial charge on any atom is -0.508 e. The van der Waals surface area contributed by atoms with Gasteiger partial charge < -0.3 is 90.0 Å². The summed E-state index contributed by atoms with van der Waals surface area (Å²) >= 11 is 0. The number of nitrogens with two attached hydrogens (primary N) is 2. The Morgan fingerprint density at radius 3 is 1.38 bits per heavy atom. The van der Waals surface area contributed by atoms with Crippen LogP contribution in [-0.2, 0) is 84.8 Å². The number of hydrazine groups is 1. The van der Waals surface area contributed by atoms with Gasteiger partial charge in [-0.2, -0.15) is 0 Å². The van der Waals surface area contributed by atoms with Crippen LogP contribution in [-0.4, -0.2) is 193 Å². The van der Waals surface area contributed by atoms with Gasteiger partial charge in [-0.3, -0.25) is 72.5 Å². The number of nitrogens with one attached hydrogen (secondary N) is 11. The van der Waals surface area contributed by atoms with E-state index in [1.807, 2.05) is 0 Å². The summed E-state index contributed by atoms with van der Waals surface area (Å²) in [6.45, 7) is 4.97. The van der Waals surface area contributed by atoms with Gasteiger partial charge in [0, 0.05) is 38.6 Å². The molecule has 0 saturated carbocycles. The lowest BCUT2D eigenvalue weighted by Gasteiger charge is -2.26. The SMILES string of the molecule is CC(C)C[C@H](NC(=O)[C@@H](N)Cc1ccc(O)cc1)C(=O)N[C@@H](CCC(=O)O)C(=O)NCC(=O)N[C@@H](CCC(N)=O)C(=O)N[C@@H](C)C(=O)N[C@@H](C)C(=O)N[C@@H](CCCCNN[C@@H](CCC(=O)O)C(=O)O)C(=O)N[C@@H](CCC(=O)O)C(=O)N[C@@H](Cc1ccccc1)C(=O)O. The molecule has 0 radical (unpaired) electrons. The molecule has 0 unspecified atom stereocenters. The largest absolute Gasteiger partial charge is 0.508 e. The zero-order chi connectivity index (χ0) is 69.2. The fourth-order valence-electron chi connectivity index (χ4n) is 8.62. The van der Waals surface area contributed by atoms with Gasteiger partial charge in [0.05, 0.1) is 12.6 Å². The lowest BCUT2D eigenvalue weighted by atomic mass is 10.0. The molecule has 0 spiro atoms. The summed E-state index contributed by atoms with van der Waals surface area (Å²) in [4.78, 5) is 192. The number of phenols is 1. The maximum atomic E-state index is 14.0. The number of hydrogen-bond acceptors (Lipinski definition) is 19. The maximum Gasteiger partial charge on any atom is 0.326 e. The van der Waals surface area contributed by atoms with Gasteiger partial charge in [-0.25, -0.2) is 10.2 Å². The number of rotatable bonds is 45. The van der Waals surface area contributed by atoms with Gasteiger partial charge in [0.1, 0.15) is 60.1 Å². The van der Waals surface area contributed by atoms with Gasteiger partial charge in [-0.1, -0.05) is 56.3 Å². The van der Waals surface area contributed by atoms with Gasteiger partial charge in [-0.05, 0) is 101 Å². The smallest absolute Gasteiger partial charge is 0.326 e. The first-order chi connectivity index (χ1) is 43.3. The van der Waals surface area contributed by atoms with Gasteiger partial charge >= 0.3 is 29.8 Å². The molecule has 2 rings (SSSR count). The van der Waals surface area contributed by atoms with E-state index in [9.17, 15) is 97.5 Å². The number of phenolic OH excluding ortho intramolecular Hbond substituents is 1. The van der Waals surface area contributed by atoms with Crippen LogP contribution in [0.3, 0.4) is 0 Å². The quantitative estimate of drug-likeness (QED) is 0.0224. The van der Waals surface area contributed by atoms with Crippen molar-refractivity contribution >= 4 is 88.9 Å². The molecule has 0 aromatic heterocycles. The second-order valence-corrected chi connectivity index (χ2v) is 22.0.